The predicted molar refractivity (Wildman–Crippen MR) is 61.6 cm³/mol. The first-order valence-electron chi connectivity index (χ1n) is 4.52. The van der Waals surface area contributed by atoms with Crippen molar-refractivity contribution < 1.29 is 0 Å². The van der Waals surface area contributed by atoms with Gasteiger partial charge in [0.1, 0.15) is 10.8 Å². The number of hydrogen-bond acceptors (Lipinski definition) is 3. The second-order valence-corrected chi connectivity index (χ2v) is 3.65. The van der Waals surface area contributed by atoms with E-state index in [2.05, 4.69) is 9.97 Å². The van der Waals surface area contributed by atoms with Crippen LogP contribution in [0.4, 0.5) is 5.82 Å². The number of hydrogen-bond donors (Lipinski definition) is 1. The molecule has 2 N–H and O–H groups in total. The lowest BCUT2D eigenvalue weighted by Crippen LogP contribution is -1.97. The summed E-state index contributed by atoms with van der Waals surface area (Å²) < 4.78 is 0. The van der Waals surface area contributed by atoms with Gasteiger partial charge in [0, 0.05) is 5.56 Å². The first-order chi connectivity index (χ1) is 7.18. The van der Waals surface area contributed by atoms with Gasteiger partial charge >= 0.3 is 0 Å². The molecule has 0 fully saturated rings. The highest BCUT2D eigenvalue weighted by molar-refractivity contribution is 6.32. The van der Waals surface area contributed by atoms with Gasteiger partial charge in [-0.25, -0.2) is 9.97 Å². The largest absolute Gasteiger partial charge is 0.382 e. The van der Waals surface area contributed by atoms with Gasteiger partial charge in [0.05, 0.1) is 6.20 Å². The number of aryl methyl sites for hydroxylation is 1. The molecule has 0 aliphatic rings. The van der Waals surface area contributed by atoms with Crippen LogP contribution in [0.25, 0.3) is 11.4 Å². The van der Waals surface area contributed by atoms with E-state index >= 15 is 0 Å². The van der Waals surface area contributed by atoms with E-state index in [4.69, 9.17) is 17.3 Å². The van der Waals surface area contributed by atoms with Crippen LogP contribution in [0.1, 0.15) is 5.56 Å². The normalized spacial score (nSPS) is 10.3. The molecule has 3 nitrogen and oxygen atoms in total. The van der Waals surface area contributed by atoms with E-state index in [0.717, 1.165) is 11.1 Å². The fourth-order valence-electron chi connectivity index (χ4n) is 1.33. The SMILES string of the molecule is Cc1ccccc1-c1ncc(Cl)c(N)n1. The summed E-state index contributed by atoms with van der Waals surface area (Å²) in [6.45, 7) is 2.00. The Hall–Kier alpha value is -1.61. The Morgan fingerprint density at radius 1 is 1.27 bits per heavy atom. The van der Waals surface area contributed by atoms with Crippen LogP contribution in [0.15, 0.2) is 30.5 Å². The lowest BCUT2D eigenvalue weighted by atomic mass is 10.1. The van der Waals surface area contributed by atoms with E-state index < -0.39 is 0 Å². The van der Waals surface area contributed by atoms with Crippen molar-refractivity contribution in [1.82, 2.24) is 9.97 Å². The third-order valence-corrected chi connectivity index (χ3v) is 2.45. The summed E-state index contributed by atoms with van der Waals surface area (Å²) in [4.78, 5) is 8.29. The van der Waals surface area contributed by atoms with Crippen LogP contribution in [-0.4, -0.2) is 9.97 Å². The summed E-state index contributed by atoms with van der Waals surface area (Å²) in [7, 11) is 0. The topological polar surface area (TPSA) is 51.8 Å². The molecule has 0 saturated heterocycles. The number of nitrogens with zero attached hydrogens (tertiary/aromatic N) is 2. The molecule has 0 unspecified atom stereocenters. The molecule has 76 valence electrons. The first-order valence-corrected chi connectivity index (χ1v) is 4.90. The lowest BCUT2D eigenvalue weighted by Gasteiger charge is -2.04. The summed E-state index contributed by atoms with van der Waals surface area (Å²) in [5.41, 5.74) is 7.71. The van der Waals surface area contributed by atoms with Crippen molar-refractivity contribution in [2.24, 2.45) is 0 Å². The number of aromatic nitrogens is 2. The number of nitrogen functional groups attached to an aromatic ring is 1. The van der Waals surface area contributed by atoms with Gasteiger partial charge < -0.3 is 5.73 Å². The molecule has 0 amide bonds. The van der Waals surface area contributed by atoms with Crippen LogP contribution in [-0.2, 0) is 0 Å². The quantitative estimate of drug-likeness (QED) is 0.802. The van der Waals surface area contributed by atoms with Crippen LogP contribution in [0.3, 0.4) is 0 Å². The number of halogens is 1. The standard InChI is InChI=1S/C11H10ClN3/c1-7-4-2-3-5-8(7)11-14-6-9(12)10(13)15-11/h2-6H,1H3,(H2,13,14,15). The van der Waals surface area contributed by atoms with Gasteiger partial charge in [0.25, 0.3) is 0 Å². The minimum Gasteiger partial charge on any atom is -0.382 e. The molecule has 0 aliphatic heterocycles. The van der Waals surface area contributed by atoms with Crippen LogP contribution in [0, 0.1) is 6.92 Å². The zero-order chi connectivity index (χ0) is 10.8. The molecule has 15 heavy (non-hydrogen) atoms. The van der Waals surface area contributed by atoms with Crippen molar-refractivity contribution in [2.45, 2.75) is 6.92 Å². The average Bonchev–Trinajstić information content (AvgIpc) is 2.23. The van der Waals surface area contributed by atoms with E-state index in [0.29, 0.717) is 16.7 Å². The smallest absolute Gasteiger partial charge is 0.161 e. The fraction of sp³-hybridized carbons (Fsp3) is 0.0909. The van der Waals surface area contributed by atoms with Crippen LogP contribution < -0.4 is 5.73 Å². The number of benzene rings is 1. The first kappa shape index (κ1) is 9.93. The van der Waals surface area contributed by atoms with Crippen molar-refractivity contribution in [3.63, 3.8) is 0 Å². The monoisotopic (exact) mass is 219 g/mol. The van der Waals surface area contributed by atoms with E-state index in [1.807, 2.05) is 31.2 Å². The van der Waals surface area contributed by atoms with Crippen LogP contribution in [0.2, 0.25) is 5.02 Å². The van der Waals surface area contributed by atoms with Crippen LogP contribution in [0.5, 0.6) is 0 Å². The zero-order valence-corrected chi connectivity index (χ0v) is 8.99. The second kappa shape index (κ2) is 3.87. The molecular weight excluding hydrogens is 210 g/mol. The Morgan fingerprint density at radius 2 is 2.00 bits per heavy atom. The van der Waals surface area contributed by atoms with Crippen LogP contribution >= 0.6 is 11.6 Å². The third-order valence-electron chi connectivity index (χ3n) is 2.16. The molecule has 0 aliphatic carbocycles. The maximum absolute atomic E-state index is 5.76. The van der Waals surface area contributed by atoms with Gasteiger partial charge in [-0.1, -0.05) is 35.9 Å². The van der Waals surface area contributed by atoms with Gasteiger partial charge in [0.15, 0.2) is 5.82 Å². The summed E-state index contributed by atoms with van der Waals surface area (Å²) in [6.07, 6.45) is 1.52. The Bertz CT molecular complexity index is 497. The molecule has 1 heterocycles. The Labute approximate surface area is 92.9 Å². The molecule has 0 atom stereocenters. The van der Waals surface area contributed by atoms with E-state index in [9.17, 15) is 0 Å². The molecule has 0 radical (unpaired) electrons. The van der Waals surface area contributed by atoms with Gasteiger partial charge in [0.2, 0.25) is 0 Å². The average molecular weight is 220 g/mol. The van der Waals surface area contributed by atoms with Gasteiger partial charge in [-0.3, -0.25) is 0 Å². The highest BCUT2D eigenvalue weighted by atomic mass is 35.5. The van der Waals surface area contributed by atoms with E-state index in [1.165, 1.54) is 6.20 Å². The van der Waals surface area contributed by atoms with Crippen molar-refractivity contribution in [3.8, 4) is 11.4 Å². The molecule has 1 aromatic heterocycles. The molecule has 0 bridgehead atoms. The van der Waals surface area contributed by atoms with Crippen molar-refractivity contribution in [1.29, 1.82) is 0 Å². The highest BCUT2D eigenvalue weighted by Crippen LogP contribution is 2.22. The number of anilines is 1. The molecule has 0 spiro atoms. The van der Waals surface area contributed by atoms with Gasteiger partial charge in [-0.05, 0) is 12.5 Å². The summed E-state index contributed by atoms with van der Waals surface area (Å²) in [5.74, 6) is 0.917. The number of rotatable bonds is 1. The minimum atomic E-state index is 0.310. The minimum absolute atomic E-state index is 0.310. The van der Waals surface area contributed by atoms with Crippen molar-refractivity contribution in [3.05, 3.63) is 41.0 Å². The molecule has 4 heteroatoms. The predicted octanol–water partition coefficient (Wildman–Crippen LogP) is 2.69. The molecule has 0 saturated carbocycles. The van der Waals surface area contributed by atoms with Crippen molar-refractivity contribution in [2.75, 3.05) is 5.73 Å². The number of nitrogens with two attached hydrogens (primary N) is 1. The zero-order valence-electron chi connectivity index (χ0n) is 8.24. The summed E-state index contributed by atoms with van der Waals surface area (Å²) in [5, 5.41) is 0.382. The lowest BCUT2D eigenvalue weighted by molar-refractivity contribution is 1.18. The summed E-state index contributed by atoms with van der Waals surface area (Å²) >= 11 is 5.76. The van der Waals surface area contributed by atoms with Crippen molar-refractivity contribution >= 4 is 17.4 Å². The summed E-state index contributed by atoms with van der Waals surface area (Å²) in [6, 6.07) is 7.87. The van der Waals surface area contributed by atoms with E-state index in [1.54, 1.807) is 0 Å². The molecule has 2 rings (SSSR count). The highest BCUT2D eigenvalue weighted by Gasteiger charge is 2.06. The second-order valence-electron chi connectivity index (χ2n) is 3.24. The maximum atomic E-state index is 5.76. The third kappa shape index (κ3) is 1.92. The molecule has 1 aromatic carbocycles. The van der Waals surface area contributed by atoms with Gasteiger partial charge in [-0.15, -0.1) is 0 Å². The Kier molecular flexibility index (Phi) is 2.56. The van der Waals surface area contributed by atoms with E-state index in [-0.39, 0.29) is 0 Å². The Balaban J connectivity index is 2.55. The Morgan fingerprint density at radius 3 is 2.67 bits per heavy atom. The van der Waals surface area contributed by atoms with Gasteiger partial charge in [-0.2, -0.15) is 0 Å². The fourth-order valence-corrected chi connectivity index (χ4v) is 1.42. The maximum Gasteiger partial charge on any atom is 0.161 e. The molecular formula is C11H10ClN3. The molecule has 2 aromatic rings.